The van der Waals surface area contributed by atoms with Crippen molar-refractivity contribution in [1.29, 1.82) is 0 Å². The number of nitrogens with one attached hydrogen (secondary N) is 1. The molecule has 3 aromatic heterocycles. The molecule has 7 heteroatoms. The highest BCUT2D eigenvalue weighted by molar-refractivity contribution is 7.17. The van der Waals surface area contributed by atoms with Gasteiger partial charge >= 0.3 is 0 Å². The lowest BCUT2D eigenvalue weighted by Crippen LogP contribution is -2.11. The summed E-state index contributed by atoms with van der Waals surface area (Å²) < 4.78 is 1.89. The minimum atomic E-state index is -0.155. The number of amides is 1. The number of nitrogens with zero attached hydrogens (tertiary/aromatic N) is 3. The van der Waals surface area contributed by atoms with Crippen LogP contribution >= 0.6 is 22.7 Å². The molecular formula is C14H14N4OS2. The largest absolute Gasteiger partial charge is 0.300 e. The van der Waals surface area contributed by atoms with Gasteiger partial charge in [-0.25, -0.2) is 9.97 Å². The summed E-state index contributed by atoms with van der Waals surface area (Å²) in [5, 5.41) is 4.27. The van der Waals surface area contributed by atoms with Crippen LogP contribution in [0.15, 0.2) is 24.5 Å². The highest BCUT2D eigenvalue weighted by atomic mass is 32.1. The second-order valence-corrected chi connectivity index (χ2v) is 6.80. The minimum absolute atomic E-state index is 0.155. The molecule has 0 atom stereocenters. The molecule has 0 unspecified atom stereocenters. The molecule has 0 aromatic carbocycles. The van der Waals surface area contributed by atoms with Crippen LogP contribution in [0.3, 0.4) is 0 Å². The maximum absolute atomic E-state index is 12.4. The molecule has 0 fully saturated rings. The molecule has 3 rings (SSSR count). The molecule has 0 radical (unpaired) electrons. The first-order valence-electron chi connectivity index (χ1n) is 6.41. The predicted octanol–water partition coefficient (Wildman–Crippen LogP) is 3.57. The normalized spacial score (nSPS) is 10.8. The van der Waals surface area contributed by atoms with E-state index in [4.69, 9.17) is 0 Å². The van der Waals surface area contributed by atoms with Crippen molar-refractivity contribution in [2.45, 2.75) is 20.8 Å². The second kappa shape index (κ2) is 5.42. The Kier molecular flexibility index (Phi) is 3.60. The fraction of sp³-hybridized carbons (Fsp3) is 0.214. The lowest BCUT2D eigenvalue weighted by Gasteiger charge is -1.98. The molecule has 3 aromatic rings. The zero-order chi connectivity index (χ0) is 15.0. The van der Waals surface area contributed by atoms with Crippen LogP contribution in [0.1, 0.15) is 25.9 Å². The van der Waals surface area contributed by atoms with Crippen molar-refractivity contribution in [2.24, 2.45) is 0 Å². The monoisotopic (exact) mass is 318 g/mol. The number of hydrogen-bond acceptors (Lipinski definition) is 5. The average Bonchev–Trinajstić information content (AvgIpc) is 3.11. The zero-order valence-electron chi connectivity index (χ0n) is 11.9. The number of carbonyl (C=O) groups is 1. The summed E-state index contributed by atoms with van der Waals surface area (Å²) in [6.45, 7) is 5.77. The van der Waals surface area contributed by atoms with E-state index in [-0.39, 0.29) is 5.91 Å². The highest BCUT2D eigenvalue weighted by Gasteiger charge is 2.17. The third-order valence-electron chi connectivity index (χ3n) is 3.07. The maximum Gasteiger partial charge on any atom is 0.269 e. The Bertz CT molecular complexity index is 767. The van der Waals surface area contributed by atoms with Crippen LogP contribution in [-0.2, 0) is 0 Å². The molecule has 1 N–H and O–H groups in total. The van der Waals surface area contributed by atoms with Crippen molar-refractivity contribution in [3.63, 3.8) is 0 Å². The van der Waals surface area contributed by atoms with Crippen molar-refractivity contribution < 1.29 is 4.79 Å². The smallest absolute Gasteiger partial charge is 0.269 e. The van der Waals surface area contributed by atoms with Crippen LogP contribution in [0.4, 0.5) is 5.13 Å². The summed E-state index contributed by atoms with van der Waals surface area (Å²) in [5.41, 5.74) is 1.68. The standard InChI is InChI=1S/C14H14N4OS2/c1-8-10(3)20-13(15-8)17-12(19)11-9(2)16-14(21-11)18-6-4-5-7-18/h4-7H,1-3H3,(H,15,17,19). The van der Waals surface area contributed by atoms with E-state index < -0.39 is 0 Å². The molecule has 108 valence electrons. The number of hydrogen-bond donors (Lipinski definition) is 1. The van der Waals surface area contributed by atoms with Gasteiger partial charge in [0.25, 0.3) is 5.91 Å². The molecule has 3 heterocycles. The molecule has 0 saturated carbocycles. The topological polar surface area (TPSA) is 59.8 Å². The summed E-state index contributed by atoms with van der Waals surface area (Å²) in [5.74, 6) is -0.155. The van der Waals surface area contributed by atoms with Gasteiger partial charge in [-0.2, -0.15) is 0 Å². The van der Waals surface area contributed by atoms with Crippen molar-refractivity contribution in [1.82, 2.24) is 14.5 Å². The Balaban J connectivity index is 1.85. The third-order valence-corrected chi connectivity index (χ3v) is 5.22. The van der Waals surface area contributed by atoms with Crippen LogP contribution in [0, 0.1) is 20.8 Å². The first-order chi connectivity index (χ1) is 10.0. The van der Waals surface area contributed by atoms with Gasteiger partial charge in [0.2, 0.25) is 0 Å². The number of aryl methyl sites for hydroxylation is 3. The summed E-state index contributed by atoms with van der Waals surface area (Å²) in [4.78, 5) is 22.9. The lowest BCUT2D eigenvalue weighted by atomic mass is 10.4. The fourth-order valence-electron chi connectivity index (χ4n) is 1.85. The Labute approximate surface area is 130 Å². The van der Waals surface area contributed by atoms with Gasteiger partial charge in [0.05, 0.1) is 11.4 Å². The van der Waals surface area contributed by atoms with Gasteiger partial charge in [-0.3, -0.25) is 10.1 Å². The van der Waals surface area contributed by atoms with Crippen molar-refractivity contribution in [2.75, 3.05) is 5.32 Å². The molecular weight excluding hydrogens is 304 g/mol. The fourth-order valence-corrected chi connectivity index (χ4v) is 3.58. The van der Waals surface area contributed by atoms with Crippen LogP contribution in [-0.4, -0.2) is 20.4 Å². The average molecular weight is 318 g/mol. The van der Waals surface area contributed by atoms with Gasteiger partial charge in [0, 0.05) is 17.3 Å². The zero-order valence-corrected chi connectivity index (χ0v) is 13.5. The Hall–Kier alpha value is -1.99. The quantitative estimate of drug-likeness (QED) is 0.803. The molecule has 0 spiro atoms. The third kappa shape index (κ3) is 2.74. The second-order valence-electron chi connectivity index (χ2n) is 4.62. The molecule has 5 nitrogen and oxygen atoms in total. The van der Waals surface area contributed by atoms with Gasteiger partial charge in [0.1, 0.15) is 4.88 Å². The molecule has 0 bridgehead atoms. The van der Waals surface area contributed by atoms with Crippen molar-refractivity contribution >= 4 is 33.7 Å². The first-order valence-corrected chi connectivity index (χ1v) is 8.04. The number of rotatable bonds is 3. The summed E-state index contributed by atoms with van der Waals surface area (Å²) in [6, 6.07) is 3.86. The Morgan fingerprint density at radius 3 is 2.43 bits per heavy atom. The molecule has 1 amide bonds. The number of thiazole rings is 2. The first kappa shape index (κ1) is 14.0. The SMILES string of the molecule is Cc1nc(NC(=O)c2sc(-n3cccc3)nc2C)sc1C. The molecule has 0 saturated heterocycles. The molecule has 0 aliphatic carbocycles. The minimum Gasteiger partial charge on any atom is -0.300 e. The van der Waals surface area contributed by atoms with E-state index in [2.05, 4.69) is 15.3 Å². The van der Waals surface area contributed by atoms with E-state index in [0.717, 1.165) is 21.4 Å². The van der Waals surface area contributed by atoms with E-state index in [0.29, 0.717) is 10.0 Å². The summed E-state index contributed by atoms with van der Waals surface area (Å²) in [7, 11) is 0. The van der Waals surface area contributed by atoms with E-state index in [1.165, 1.54) is 22.7 Å². The van der Waals surface area contributed by atoms with Gasteiger partial charge in [-0.15, -0.1) is 11.3 Å². The van der Waals surface area contributed by atoms with Crippen LogP contribution < -0.4 is 5.32 Å². The van der Waals surface area contributed by atoms with Crippen LogP contribution in [0.2, 0.25) is 0 Å². The van der Waals surface area contributed by atoms with Crippen LogP contribution in [0.5, 0.6) is 0 Å². The van der Waals surface area contributed by atoms with Crippen molar-refractivity contribution in [3.8, 4) is 5.13 Å². The maximum atomic E-state index is 12.4. The van der Waals surface area contributed by atoms with Crippen LogP contribution in [0.25, 0.3) is 5.13 Å². The van der Waals surface area contributed by atoms with Gasteiger partial charge < -0.3 is 4.57 Å². The van der Waals surface area contributed by atoms with E-state index in [9.17, 15) is 4.79 Å². The number of aromatic nitrogens is 3. The number of anilines is 1. The molecule has 21 heavy (non-hydrogen) atoms. The molecule has 0 aliphatic heterocycles. The van der Waals surface area contributed by atoms with E-state index >= 15 is 0 Å². The summed E-state index contributed by atoms with van der Waals surface area (Å²) in [6.07, 6.45) is 3.82. The Morgan fingerprint density at radius 2 is 1.81 bits per heavy atom. The highest BCUT2D eigenvalue weighted by Crippen LogP contribution is 2.25. The summed E-state index contributed by atoms with van der Waals surface area (Å²) >= 11 is 2.86. The van der Waals surface area contributed by atoms with Gasteiger partial charge in [-0.05, 0) is 32.9 Å². The van der Waals surface area contributed by atoms with Crippen molar-refractivity contribution in [3.05, 3.63) is 45.7 Å². The Morgan fingerprint density at radius 1 is 1.10 bits per heavy atom. The van der Waals surface area contributed by atoms with E-state index in [1.54, 1.807) is 0 Å². The predicted molar refractivity (Wildman–Crippen MR) is 85.7 cm³/mol. The van der Waals surface area contributed by atoms with Gasteiger partial charge in [-0.1, -0.05) is 11.3 Å². The number of carbonyl (C=O) groups excluding carboxylic acids is 1. The van der Waals surface area contributed by atoms with Gasteiger partial charge in [0.15, 0.2) is 10.3 Å². The lowest BCUT2D eigenvalue weighted by molar-refractivity contribution is 0.103. The van der Waals surface area contributed by atoms with E-state index in [1.807, 2.05) is 49.9 Å². The molecule has 0 aliphatic rings.